The van der Waals surface area contributed by atoms with Crippen LogP contribution in [0.3, 0.4) is 0 Å². The molecule has 5 heteroatoms. The Kier molecular flexibility index (Phi) is 3.66. The van der Waals surface area contributed by atoms with Crippen LogP contribution in [0.1, 0.15) is 0 Å². The highest BCUT2D eigenvalue weighted by Gasteiger charge is 2.06. The molecular weight excluding hydrogens is 330 g/mol. The topological polar surface area (TPSA) is 60.2 Å². The van der Waals surface area contributed by atoms with E-state index in [-0.39, 0.29) is 0 Å². The van der Waals surface area contributed by atoms with Crippen molar-refractivity contribution in [3.05, 3.63) is 53.3 Å². The number of nitrogens with two attached hydrogens (primary N) is 1. The van der Waals surface area contributed by atoms with Crippen LogP contribution in [0.25, 0.3) is 10.8 Å². The number of hydrogen-bond acceptors (Lipinski definition) is 4. The van der Waals surface area contributed by atoms with Crippen molar-refractivity contribution in [2.24, 2.45) is 0 Å². The van der Waals surface area contributed by atoms with Gasteiger partial charge in [0.1, 0.15) is 5.75 Å². The summed E-state index contributed by atoms with van der Waals surface area (Å²) in [5.41, 5.74) is 8.70. The van der Waals surface area contributed by atoms with E-state index in [0.717, 1.165) is 32.4 Å². The minimum atomic E-state index is 0.703. The van der Waals surface area contributed by atoms with Crippen LogP contribution in [0.5, 0.6) is 5.75 Å². The Morgan fingerprint density at radius 2 is 2.05 bits per heavy atom. The molecule has 0 aliphatic rings. The summed E-state index contributed by atoms with van der Waals surface area (Å²) in [6, 6.07) is 11.7. The Labute approximate surface area is 131 Å². The number of halogens is 1. The van der Waals surface area contributed by atoms with Crippen LogP contribution in [0, 0.1) is 0 Å². The second-order valence-electron chi connectivity index (χ2n) is 4.63. The molecule has 2 aromatic carbocycles. The highest BCUT2D eigenvalue weighted by atomic mass is 79.9. The number of rotatable bonds is 3. The van der Waals surface area contributed by atoms with E-state index in [9.17, 15) is 0 Å². The highest BCUT2D eigenvalue weighted by Crippen LogP contribution is 2.32. The van der Waals surface area contributed by atoms with Gasteiger partial charge in [-0.25, -0.2) is 0 Å². The van der Waals surface area contributed by atoms with Crippen molar-refractivity contribution in [2.45, 2.75) is 0 Å². The van der Waals surface area contributed by atoms with Gasteiger partial charge in [0, 0.05) is 39.4 Å². The lowest BCUT2D eigenvalue weighted by Crippen LogP contribution is -1.98. The van der Waals surface area contributed by atoms with Gasteiger partial charge in [-0.2, -0.15) is 0 Å². The van der Waals surface area contributed by atoms with E-state index in [1.807, 2.05) is 36.4 Å². The van der Waals surface area contributed by atoms with Gasteiger partial charge in [-0.1, -0.05) is 22.0 Å². The Bertz CT molecular complexity index is 805. The number of fused-ring (bicyclic) bond motifs is 1. The molecule has 21 heavy (non-hydrogen) atoms. The van der Waals surface area contributed by atoms with E-state index in [2.05, 4.69) is 26.2 Å². The number of benzene rings is 2. The monoisotopic (exact) mass is 343 g/mol. The van der Waals surface area contributed by atoms with Gasteiger partial charge in [0.25, 0.3) is 0 Å². The number of anilines is 3. The van der Waals surface area contributed by atoms with Crippen LogP contribution in [0.4, 0.5) is 17.1 Å². The fourth-order valence-electron chi connectivity index (χ4n) is 2.21. The van der Waals surface area contributed by atoms with Crippen molar-refractivity contribution in [2.75, 3.05) is 18.2 Å². The predicted octanol–water partition coefficient (Wildman–Crippen LogP) is 4.33. The molecule has 0 fully saturated rings. The summed E-state index contributed by atoms with van der Waals surface area (Å²) < 4.78 is 6.20. The molecule has 0 saturated heterocycles. The molecule has 0 saturated carbocycles. The quantitative estimate of drug-likeness (QED) is 0.694. The first-order valence-electron chi connectivity index (χ1n) is 6.41. The maximum absolute atomic E-state index is 6.24. The van der Waals surface area contributed by atoms with Crippen LogP contribution in [-0.2, 0) is 0 Å². The second kappa shape index (κ2) is 5.61. The zero-order chi connectivity index (χ0) is 14.8. The Morgan fingerprint density at radius 1 is 1.19 bits per heavy atom. The molecule has 0 spiro atoms. The number of nitrogens with zero attached hydrogens (tertiary/aromatic N) is 1. The molecular formula is C16H14BrN3O. The van der Waals surface area contributed by atoms with Crippen LogP contribution in [0.2, 0.25) is 0 Å². The van der Waals surface area contributed by atoms with E-state index in [1.54, 1.807) is 19.5 Å². The highest BCUT2D eigenvalue weighted by molar-refractivity contribution is 9.10. The van der Waals surface area contributed by atoms with Crippen molar-refractivity contribution in [1.29, 1.82) is 0 Å². The fourth-order valence-corrected chi connectivity index (χ4v) is 2.68. The Morgan fingerprint density at radius 3 is 2.86 bits per heavy atom. The number of methoxy groups -OCH3 is 1. The molecule has 0 atom stereocenters. The summed E-state index contributed by atoms with van der Waals surface area (Å²) in [6.07, 6.45) is 3.54. The average molecular weight is 344 g/mol. The standard InChI is InChI=1S/C16H14BrN3O/c1-21-13-7-11(17)6-12(8-13)20-15-3-2-10-9-19-5-4-14(10)16(15)18/h2-9,20H,18H2,1H3. The first-order valence-corrected chi connectivity index (χ1v) is 7.20. The van der Waals surface area contributed by atoms with Crippen LogP contribution in [0.15, 0.2) is 53.3 Å². The van der Waals surface area contributed by atoms with Crippen LogP contribution >= 0.6 is 15.9 Å². The number of ether oxygens (including phenoxy) is 1. The van der Waals surface area contributed by atoms with Crippen molar-refractivity contribution in [1.82, 2.24) is 4.98 Å². The van der Waals surface area contributed by atoms with Crippen molar-refractivity contribution < 1.29 is 4.74 Å². The predicted molar refractivity (Wildman–Crippen MR) is 90.1 cm³/mol. The summed E-state index contributed by atoms with van der Waals surface area (Å²) >= 11 is 3.47. The maximum Gasteiger partial charge on any atom is 0.122 e. The third-order valence-corrected chi connectivity index (χ3v) is 3.71. The molecule has 1 aromatic heterocycles. The van der Waals surface area contributed by atoms with Crippen LogP contribution < -0.4 is 15.8 Å². The minimum Gasteiger partial charge on any atom is -0.497 e. The molecule has 3 N–H and O–H groups in total. The zero-order valence-corrected chi connectivity index (χ0v) is 13.0. The van der Waals surface area contributed by atoms with Crippen molar-refractivity contribution in [3.8, 4) is 5.75 Å². The molecule has 1 heterocycles. The Hall–Kier alpha value is -2.27. The van der Waals surface area contributed by atoms with Gasteiger partial charge >= 0.3 is 0 Å². The molecule has 0 aliphatic carbocycles. The third kappa shape index (κ3) is 2.78. The van der Waals surface area contributed by atoms with E-state index >= 15 is 0 Å². The summed E-state index contributed by atoms with van der Waals surface area (Å²) in [7, 11) is 1.64. The number of nitrogens with one attached hydrogen (secondary N) is 1. The van der Waals surface area contributed by atoms with E-state index in [4.69, 9.17) is 10.5 Å². The lowest BCUT2D eigenvalue weighted by atomic mass is 10.1. The molecule has 106 valence electrons. The molecule has 0 aliphatic heterocycles. The number of nitrogen functional groups attached to an aromatic ring is 1. The summed E-state index contributed by atoms with van der Waals surface area (Å²) in [6.45, 7) is 0. The molecule has 0 amide bonds. The first kappa shape index (κ1) is 13.7. The van der Waals surface area contributed by atoms with Crippen LogP contribution in [-0.4, -0.2) is 12.1 Å². The molecule has 0 bridgehead atoms. The smallest absolute Gasteiger partial charge is 0.122 e. The van der Waals surface area contributed by atoms with Gasteiger partial charge in [-0.15, -0.1) is 0 Å². The largest absolute Gasteiger partial charge is 0.497 e. The normalized spacial score (nSPS) is 10.6. The first-order chi connectivity index (χ1) is 10.2. The Balaban J connectivity index is 2.02. The summed E-state index contributed by atoms with van der Waals surface area (Å²) in [5, 5.41) is 5.33. The van der Waals surface area contributed by atoms with Gasteiger partial charge in [0.15, 0.2) is 0 Å². The third-order valence-electron chi connectivity index (χ3n) is 3.25. The van der Waals surface area contributed by atoms with Gasteiger partial charge in [0.2, 0.25) is 0 Å². The maximum atomic E-state index is 6.24. The van der Waals surface area contributed by atoms with E-state index in [1.165, 1.54) is 0 Å². The zero-order valence-electron chi connectivity index (χ0n) is 11.4. The average Bonchev–Trinajstić information content (AvgIpc) is 2.50. The summed E-state index contributed by atoms with van der Waals surface area (Å²) in [4.78, 5) is 4.10. The van der Waals surface area contributed by atoms with Gasteiger partial charge in [-0.3, -0.25) is 4.98 Å². The molecule has 3 aromatic rings. The minimum absolute atomic E-state index is 0.703. The molecule has 0 unspecified atom stereocenters. The molecule has 0 radical (unpaired) electrons. The lowest BCUT2D eigenvalue weighted by molar-refractivity contribution is 0.415. The lowest BCUT2D eigenvalue weighted by Gasteiger charge is -2.13. The van der Waals surface area contributed by atoms with Crippen molar-refractivity contribution in [3.63, 3.8) is 0 Å². The number of pyridine rings is 1. The van der Waals surface area contributed by atoms with Gasteiger partial charge in [0.05, 0.1) is 18.5 Å². The van der Waals surface area contributed by atoms with E-state index < -0.39 is 0 Å². The van der Waals surface area contributed by atoms with E-state index in [0.29, 0.717) is 5.69 Å². The SMILES string of the molecule is COc1cc(Br)cc(Nc2ccc3cnccc3c2N)c1. The number of hydrogen-bond donors (Lipinski definition) is 2. The number of aromatic nitrogens is 1. The van der Waals surface area contributed by atoms with Gasteiger partial charge in [-0.05, 0) is 24.3 Å². The molecule has 3 rings (SSSR count). The fraction of sp³-hybridized carbons (Fsp3) is 0.0625. The molecule has 4 nitrogen and oxygen atoms in total. The van der Waals surface area contributed by atoms with Gasteiger partial charge < -0.3 is 15.8 Å². The van der Waals surface area contributed by atoms with Crippen molar-refractivity contribution >= 4 is 43.8 Å². The summed E-state index contributed by atoms with van der Waals surface area (Å²) in [5.74, 6) is 0.774. The second-order valence-corrected chi connectivity index (χ2v) is 5.54.